The summed E-state index contributed by atoms with van der Waals surface area (Å²) >= 11 is 3.31. The Kier molecular flexibility index (Phi) is 2.74. The Morgan fingerprint density at radius 2 is 1.75 bits per heavy atom. The fraction of sp³-hybridized carbons (Fsp3) is 0.389. The van der Waals surface area contributed by atoms with Gasteiger partial charge in [-0.1, -0.05) is 34.1 Å². The smallest absolute Gasteiger partial charge is 0.270 e. The van der Waals surface area contributed by atoms with Gasteiger partial charge < -0.3 is 0 Å². The van der Waals surface area contributed by atoms with E-state index in [-0.39, 0.29) is 40.9 Å². The van der Waals surface area contributed by atoms with Gasteiger partial charge in [0.05, 0.1) is 11.8 Å². The van der Waals surface area contributed by atoms with Crippen molar-refractivity contribution in [3.05, 3.63) is 46.5 Å². The van der Waals surface area contributed by atoms with E-state index in [1.165, 1.54) is 0 Å². The van der Waals surface area contributed by atoms with Crippen molar-refractivity contribution >= 4 is 33.7 Å². The minimum Gasteiger partial charge on any atom is -0.272 e. The van der Waals surface area contributed by atoms with Crippen LogP contribution in [0.25, 0.3) is 0 Å². The Morgan fingerprint density at radius 3 is 2.29 bits per heavy atom. The maximum atomic E-state index is 12.8. The van der Waals surface area contributed by atoms with Crippen molar-refractivity contribution in [1.82, 2.24) is 10.4 Å². The van der Waals surface area contributed by atoms with E-state index in [1.54, 1.807) is 18.2 Å². The lowest BCUT2D eigenvalue weighted by molar-refractivity contribution is -0.144. The first-order chi connectivity index (χ1) is 11.5. The summed E-state index contributed by atoms with van der Waals surface area (Å²) in [6, 6.07) is 6.86. The zero-order valence-corrected chi connectivity index (χ0v) is 14.3. The van der Waals surface area contributed by atoms with Gasteiger partial charge in [-0.05, 0) is 48.3 Å². The number of hydrogen-bond acceptors (Lipinski definition) is 3. The Balaban J connectivity index is 1.41. The normalized spacial score (nSPS) is 34.1. The van der Waals surface area contributed by atoms with Crippen LogP contribution in [0.4, 0.5) is 0 Å². The first-order valence-electron chi connectivity index (χ1n) is 8.16. The third-order valence-corrected chi connectivity index (χ3v) is 6.65. The highest BCUT2D eigenvalue weighted by molar-refractivity contribution is 9.10. The number of benzene rings is 1. The van der Waals surface area contributed by atoms with E-state index in [9.17, 15) is 14.4 Å². The highest BCUT2D eigenvalue weighted by Crippen LogP contribution is 2.73. The summed E-state index contributed by atoms with van der Waals surface area (Å²) in [5.41, 5.74) is 3.09. The minimum absolute atomic E-state index is 0.164. The second kappa shape index (κ2) is 4.57. The van der Waals surface area contributed by atoms with Crippen LogP contribution in [0.2, 0.25) is 0 Å². The first-order valence-corrected chi connectivity index (χ1v) is 8.95. The van der Waals surface area contributed by atoms with E-state index in [4.69, 9.17) is 0 Å². The fourth-order valence-corrected chi connectivity index (χ4v) is 5.38. The highest BCUT2D eigenvalue weighted by Gasteiger charge is 2.73. The van der Waals surface area contributed by atoms with Gasteiger partial charge in [-0.15, -0.1) is 0 Å². The third-order valence-electron chi connectivity index (χ3n) is 6.15. The summed E-state index contributed by atoms with van der Waals surface area (Å²) < 4.78 is 0.768. The molecule has 1 aromatic carbocycles. The number of halogens is 1. The van der Waals surface area contributed by atoms with Crippen molar-refractivity contribution in [2.24, 2.45) is 29.1 Å². The molecule has 3 fully saturated rings. The molecule has 3 aliphatic carbocycles. The number of nitrogens with one attached hydrogen (secondary N) is 1. The van der Waals surface area contributed by atoms with Crippen LogP contribution in [0.15, 0.2) is 40.9 Å². The van der Waals surface area contributed by atoms with E-state index in [0.717, 1.165) is 22.3 Å². The Morgan fingerprint density at radius 1 is 1.12 bits per heavy atom. The van der Waals surface area contributed by atoms with Gasteiger partial charge in [0.1, 0.15) is 0 Å². The molecule has 4 aliphatic rings. The molecule has 1 aromatic rings. The molecule has 1 N–H and O–H groups in total. The van der Waals surface area contributed by atoms with Crippen LogP contribution >= 0.6 is 15.9 Å². The van der Waals surface area contributed by atoms with Crippen molar-refractivity contribution in [1.29, 1.82) is 0 Å². The lowest BCUT2D eigenvalue weighted by Crippen LogP contribution is -2.47. The van der Waals surface area contributed by atoms with Gasteiger partial charge in [-0.2, -0.15) is 5.01 Å². The number of rotatable bonds is 2. The SMILES string of the molecule is O=C(NN1C(=O)[C@@H]2[C@H](C1=O)[C@@H]1C=C[C@@H]2C12CC2)c1cccc(Br)c1. The van der Waals surface area contributed by atoms with Crippen LogP contribution < -0.4 is 5.43 Å². The maximum absolute atomic E-state index is 12.8. The fourth-order valence-electron chi connectivity index (χ4n) is 4.98. The zero-order valence-electron chi connectivity index (χ0n) is 12.7. The number of amides is 3. The molecule has 1 aliphatic heterocycles. The molecular formula is C18H15BrN2O3. The van der Waals surface area contributed by atoms with Crippen molar-refractivity contribution in [2.45, 2.75) is 12.8 Å². The summed E-state index contributed by atoms with van der Waals surface area (Å²) in [6.45, 7) is 0. The summed E-state index contributed by atoms with van der Waals surface area (Å²) in [6.07, 6.45) is 6.44. The lowest BCUT2D eigenvalue weighted by Gasteiger charge is -2.22. The van der Waals surface area contributed by atoms with Gasteiger partial charge >= 0.3 is 0 Å². The van der Waals surface area contributed by atoms with Crippen LogP contribution in [-0.2, 0) is 9.59 Å². The minimum atomic E-state index is -0.445. The second-order valence-electron chi connectivity index (χ2n) is 7.18. The molecule has 5 rings (SSSR count). The predicted octanol–water partition coefficient (Wildman–Crippen LogP) is 2.29. The van der Waals surface area contributed by atoms with Crippen LogP contribution in [0.5, 0.6) is 0 Å². The molecule has 3 amide bonds. The van der Waals surface area contributed by atoms with Crippen molar-refractivity contribution in [3.8, 4) is 0 Å². The largest absolute Gasteiger partial charge is 0.272 e. The predicted molar refractivity (Wildman–Crippen MR) is 88.2 cm³/mol. The van der Waals surface area contributed by atoms with Gasteiger partial charge in [0.25, 0.3) is 17.7 Å². The summed E-state index contributed by atoms with van der Waals surface area (Å²) in [5, 5.41) is 0.959. The van der Waals surface area contributed by atoms with E-state index in [1.807, 2.05) is 6.07 Å². The summed E-state index contributed by atoms with van der Waals surface area (Å²) in [5.74, 6) is -1.21. The molecule has 4 atom stereocenters. The quantitative estimate of drug-likeness (QED) is 0.626. The molecule has 0 radical (unpaired) electrons. The topological polar surface area (TPSA) is 66.5 Å². The standard InChI is InChI=1S/C18H15BrN2O3/c19-10-3-1-2-9(8-10)15(22)20-21-16(23)13-11-4-5-12(14(13)17(21)24)18(11)6-7-18/h1-5,8,11-14H,6-7H2,(H,20,22)/t11-,12-,13-,14+/m0/s1. The zero-order chi connectivity index (χ0) is 16.6. The summed E-state index contributed by atoms with van der Waals surface area (Å²) in [4.78, 5) is 38.0. The Bertz CT molecular complexity index is 795. The molecule has 5 nitrogen and oxygen atoms in total. The van der Waals surface area contributed by atoms with E-state index >= 15 is 0 Å². The van der Waals surface area contributed by atoms with Crippen LogP contribution in [-0.4, -0.2) is 22.7 Å². The van der Waals surface area contributed by atoms with Gasteiger partial charge in [0.2, 0.25) is 0 Å². The molecule has 122 valence electrons. The molecule has 1 saturated heterocycles. The molecule has 0 aromatic heterocycles. The van der Waals surface area contributed by atoms with E-state index in [0.29, 0.717) is 5.56 Å². The monoisotopic (exact) mass is 386 g/mol. The molecule has 0 unspecified atom stereocenters. The maximum Gasteiger partial charge on any atom is 0.270 e. The van der Waals surface area contributed by atoms with Crippen LogP contribution in [0.3, 0.4) is 0 Å². The average molecular weight is 387 g/mol. The number of fused-ring (bicyclic) bond motifs is 3. The molecule has 6 heteroatoms. The van der Waals surface area contributed by atoms with Crippen molar-refractivity contribution in [3.63, 3.8) is 0 Å². The van der Waals surface area contributed by atoms with Gasteiger partial charge in [0.15, 0.2) is 0 Å². The molecular weight excluding hydrogens is 372 g/mol. The average Bonchev–Trinajstić information content (AvgIpc) is 3.17. The summed E-state index contributed by atoms with van der Waals surface area (Å²) in [7, 11) is 0. The Hall–Kier alpha value is -1.95. The molecule has 24 heavy (non-hydrogen) atoms. The van der Waals surface area contributed by atoms with E-state index < -0.39 is 5.91 Å². The first kappa shape index (κ1) is 14.4. The van der Waals surface area contributed by atoms with Gasteiger partial charge in [-0.25, -0.2) is 0 Å². The number of allylic oxidation sites excluding steroid dienone is 2. The van der Waals surface area contributed by atoms with Crippen molar-refractivity contribution < 1.29 is 14.4 Å². The second-order valence-corrected chi connectivity index (χ2v) is 8.10. The number of carbonyl (C=O) groups excluding carboxylic acids is 3. The van der Waals surface area contributed by atoms with Gasteiger partial charge in [0, 0.05) is 10.0 Å². The molecule has 2 saturated carbocycles. The van der Waals surface area contributed by atoms with Crippen LogP contribution in [0.1, 0.15) is 23.2 Å². The lowest BCUT2D eigenvalue weighted by atomic mass is 9.85. The number of hydrogen-bond donors (Lipinski definition) is 1. The Labute approximate surface area is 147 Å². The van der Waals surface area contributed by atoms with Gasteiger partial charge in [-0.3, -0.25) is 19.8 Å². The van der Waals surface area contributed by atoms with E-state index in [2.05, 4.69) is 33.5 Å². The number of nitrogens with zero attached hydrogens (tertiary/aromatic N) is 1. The molecule has 1 heterocycles. The number of carbonyl (C=O) groups is 3. The third kappa shape index (κ3) is 1.67. The van der Waals surface area contributed by atoms with Crippen molar-refractivity contribution in [2.75, 3.05) is 0 Å². The highest BCUT2D eigenvalue weighted by atomic mass is 79.9. The molecule has 2 bridgehead atoms. The van der Waals surface area contributed by atoms with Crippen LogP contribution in [0, 0.1) is 29.1 Å². The number of imide groups is 1. The molecule has 1 spiro atoms. The number of hydrazine groups is 1.